The molecule has 2 aliphatic heterocycles. The number of nitrogens with zero attached hydrogens (tertiary/aromatic N) is 6. The van der Waals surface area contributed by atoms with Gasteiger partial charge in [-0.25, -0.2) is 15.0 Å². The molecule has 1 amide bonds. The number of rotatable bonds is 2. The van der Waals surface area contributed by atoms with Crippen LogP contribution in [0.25, 0.3) is 5.65 Å². The smallest absolute Gasteiger partial charge is 0.272 e. The highest BCUT2D eigenvalue weighted by molar-refractivity contribution is 5.95. The SMILES string of the molecule is Cc1nc2ccccn2c1C(=O)N1CC2CN(c3cc(C(C)(C)C)ncn3)CC2C1. The molecule has 5 heterocycles. The van der Waals surface area contributed by atoms with Gasteiger partial charge < -0.3 is 9.80 Å². The normalized spacial score (nSPS) is 21.5. The van der Waals surface area contributed by atoms with Crippen LogP contribution >= 0.6 is 0 Å². The Balaban J connectivity index is 1.32. The first-order valence-electron chi connectivity index (χ1n) is 10.6. The van der Waals surface area contributed by atoms with Crippen LogP contribution in [0.1, 0.15) is 42.6 Å². The van der Waals surface area contributed by atoms with Gasteiger partial charge >= 0.3 is 0 Å². The molecule has 0 bridgehead atoms. The third-order valence-corrected chi connectivity index (χ3v) is 6.43. The van der Waals surface area contributed by atoms with Crippen molar-refractivity contribution in [3.63, 3.8) is 0 Å². The predicted octanol–water partition coefficient (Wildman–Crippen LogP) is 2.94. The number of carbonyl (C=O) groups excluding carboxylic acids is 1. The van der Waals surface area contributed by atoms with Gasteiger partial charge in [0.05, 0.1) is 11.4 Å². The summed E-state index contributed by atoms with van der Waals surface area (Å²) in [5.74, 6) is 2.03. The molecule has 30 heavy (non-hydrogen) atoms. The minimum absolute atomic E-state index is 0.00236. The number of hydrogen-bond donors (Lipinski definition) is 0. The number of pyridine rings is 1. The van der Waals surface area contributed by atoms with E-state index in [0.717, 1.165) is 49.0 Å². The summed E-state index contributed by atoms with van der Waals surface area (Å²) in [6.45, 7) is 11.9. The Bertz CT molecular complexity index is 1100. The van der Waals surface area contributed by atoms with Gasteiger partial charge in [-0.05, 0) is 19.1 Å². The third kappa shape index (κ3) is 3.13. The maximum absolute atomic E-state index is 13.3. The highest BCUT2D eigenvalue weighted by Gasteiger charge is 2.43. The van der Waals surface area contributed by atoms with E-state index in [1.165, 1.54) is 0 Å². The Morgan fingerprint density at radius 1 is 1.07 bits per heavy atom. The first-order valence-corrected chi connectivity index (χ1v) is 10.6. The van der Waals surface area contributed by atoms with Crippen LogP contribution in [-0.2, 0) is 5.41 Å². The van der Waals surface area contributed by atoms with Crippen LogP contribution in [0.2, 0.25) is 0 Å². The first-order chi connectivity index (χ1) is 14.3. The highest BCUT2D eigenvalue weighted by atomic mass is 16.2. The van der Waals surface area contributed by atoms with Gasteiger partial charge in [-0.2, -0.15) is 0 Å². The number of imidazole rings is 1. The topological polar surface area (TPSA) is 66.6 Å². The van der Waals surface area contributed by atoms with Gasteiger partial charge in [0.2, 0.25) is 0 Å². The Labute approximate surface area is 176 Å². The number of hydrogen-bond acceptors (Lipinski definition) is 5. The summed E-state index contributed by atoms with van der Waals surface area (Å²) < 4.78 is 1.91. The van der Waals surface area contributed by atoms with Crippen molar-refractivity contribution in [2.75, 3.05) is 31.1 Å². The lowest BCUT2D eigenvalue weighted by Gasteiger charge is -2.24. The second-order valence-electron chi connectivity index (χ2n) is 9.62. The molecule has 2 aliphatic rings. The zero-order valence-electron chi connectivity index (χ0n) is 18.0. The van der Waals surface area contributed by atoms with E-state index in [0.29, 0.717) is 17.5 Å². The number of aromatic nitrogens is 4. The van der Waals surface area contributed by atoms with Gasteiger partial charge in [0, 0.05) is 55.7 Å². The molecule has 0 radical (unpaired) electrons. The summed E-state index contributed by atoms with van der Waals surface area (Å²) in [7, 11) is 0. The fraction of sp³-hybridized carbons (Fsp3) is 0.478. The van der Waals surface area contributed by atoms with Crippen molar-refractivity contribution in [2.45, 2.75) is 33.1 Å². The largest absolute Gasteiger partial charge is 0.356 e. The second kappa shape index (κ2) is 6.79. The summed E-state index contributed by atoms with van der Waals surface area (Å²) in [5.41, 5.74) is 3.36. The average Bonchev–Trinajstić information content (AvgIpc) is 3.37. The number of carbonyl (C=O) groups is 1. The van der Waals surface area contributed by atoms with Crippen LogP contribution in [0.5, 0.6) is 0 Å². The zero-order valence-corrected chi connectivity index (χ0v) is 18.0. The highest BCUT2D eigenvalue weighted by Crippen LogP contribution is 2.35. The number of amides is 1. The van der Waals surface area contributed by atoms with E-state index < -0.39 is 0 Å². The Morgan fingerprint density at radius 2 is 1.80 bits per heavy atom. The maximum atomic E-state index is 13.3. The second-order valence-corrected chi connectivity index (χ2v) is 9.62. The molecule has 0 spiro atoms. The van der Waals surface area contributed by atoms with Crippen LogP contribution in [0, 0.1) is 18.8 Å². The molecule has 7 nitrogen and oxygen atoms in total. The summed E-state index contributed by atoms with van der Waals surface area (Å²) >= 11 is 0. The third-order valence-electron chi connectivity index (χ3n) is 6.43. The van der Waals surface area contributed by atoms with Gasteiger partial charge in [0.25, 0.3) is 5.91 Å². The lowest BCUT2D eigenvalue weighted by atomic mass is 9.92. The summed E-state index contributed by atoms with van der Waals surface area (Å²) in [6, 6.07) is 7.94. The summed E-state index contributed by atoms with van der Waals surface area (Å²) in [4.78, 5) is 31.2. The molecule has 2 fully saturated rings. The van der Waals surface area contributed by atoms with Gasteiger partial charge in [-0.15, -0.1) is 0 Å². The Kier molecular flexibility index (Phi) is 4.31. The van der Waals surface area contributed by atoms with Crippen molar-refractivity contribution in [1.29, 1.82) is 0 Å². The van der Waals surface area contributed by atoms with Crippen LogP contribution in [-0.4, -0.2) is 56.3 Å². The van der Waals surface area contributed by atoms with E-state index in [1.807, 2.05) is 40.6 Å². The molecule has 2 saturated heterocycles. The number of anilines is 1. The molecule has 0 N–H and O–H groups in total. The molecule has 156 valence electrons. The monoisotopic (exact) mass is 404 g/mol. The standard InChI is InChI=1S/C23H28N6O/c1-15-21(29-8-6-5-7-19(29)26-15)22(30)28-12-16-10-27(11-17(16)13-28)20-9-18(23(2,3)4)24-14-25-20/h5-9,14,16-17H,10-13H2,1-4H3. The molecular weight excluding hydrogens is 376 g/mol. The molecule has 3 aromatic rings. The minimum atomic E-state index is 0.00236. The lowest BCUT2D eigenvalue weighted by molar-refractivity contribution is 0.0775. The van der Waals surface area contributed by atoms with Crippen LogP contribution < -0.4 is 4.90 Å². The summed E-state index contributed by atoms with van der Waals surface area (Å²) in [5, 5.41) is 0. The lowest BCUT2D eigenvalue weighted by Crippen LogP contribution is -2.34. The molecule has 2 unspecified atom stereocenters. The molecule has 7 heteroatoms. The maximum Gasteiger partial charge on any atom is 0.272 e. The molecular formula is C23H28N6O. The van der Waals surface area contributed by atoms with E-state index in [1.54, 1.807) is 6.33 Å². The fourth-order valence-corrected chi connectivity index (χ4v) is 4.80. The average molecular weight is 405 g/mol. The fourth-order valence-electron chi connectivity index (χ4n) is 4.80. The Morgan fingerprint density at radius 3 is 2.50 bits per heavy atom. The van der Waals surface area contributed by atoms with E-state index in [-0.39, 0.29) is 11.3 Å². The molecule has 0 saturated carbocycles. The number of likely N-dealkylation sites (tertiary alicyclic amines) is 1. The van der Waals surface area contributed by atoms with E-state index in [9.17, 15) is 4.79 Å². The quantitative estimate of drug-likeness (QED) is 0.657. The molecule has 3 aromatic heterocycles. The predicted molar refractivity (Wildman–Crippen MR) is 116 cm³/mol. The van der Waals surface area contributed by atoms with Gasteiger partial charge in [0.1, 0.15) is 23.5 Å². The zero-order chi connectivity index (χ0) is 21.0. The van der Waals surface area contributed by atoms with Crippen molar-refractivity contribution < 1.29 is 4.79 Å². The molecule has 0 aromatic carbocycles. The Hall–Kier alpha value is -2.96. The number of fused-ring (bicyclic) bond motifs is 2. The van der Waals surface area contributed by atoms with Crippen molar-refractivity contribution >= 4 is 17.4 Å². The molecule has 2 atom stereocenters. The van der Waals surface area contributed by atoms with E-state index >= 15 is 0 Å². The van der Waals surface area contributed by atoms with E-state index in [2.05, 4.69) is 46.7 Å². The van der Waals surface area contributed by atoms with Crippen molar-refractivity contribution in [3.8, 4) is 0 Å². The minimum Gasteiger partial charge on any atom is -0.356 e. The van der Waals surface area contributed by atoms with Crippen LogP contribution in [0.3, 0.4) is 0 Å². The van der Waals surface area contributed by atoms with Crippen LogP contribution in [0.15, 0.2) is 36.8 Å². The van der Waals surface area contributed by atoms with Crippen molar-refractivity contribution in [3.05, 3.63) is 53.9 Å². The van der Waals surface area contributed by atoms with Crippen molar-refractivity contribution in [2.24, 2.45) is 11.8 Å². The van der Waals surface area contributed by atoms with E-state index in [4.69, 9.17) is 0 Å². The van der Waals surface area contributed by atoms with Gasteiger partial charge in [-0.3, -0.25) is 9.20 Å². The molecule has 5 rings (SSSR count). The number of aryl methyl sites for hydroxylation is 1. The van der Waals surface area contributed by atoms with Crippen molar-refractivity contribution in [1.82, 2.24) is 24.3 Å². The van der Waals surface area contributed by atoms with Crippen LogP contribution in [0.4, 0.5) is 5.82 Å². The molecule has 0 aliphatic carbocycles. The van der Waals surface area contributed by atoms with Gasteiger partial charge in [0.15, 0.2) is 0 Å². The first kappa shape index (κ1) is 19.0. The van der Waals surface area contributed by atoms with Gasteiger partial charge in [-0.1, -0.05) is 26.8 Å². The summed E-state index contributed by atoms with van der Waals surface area (Å²) in [6.07, 6.45) is 3.59.